The van der Waals surface area contributed by atoms with Gasteiger partial charge in [-0.3, -0.25) is 9.35 Å². The number of hydrogen-bond acceptors (Lipinski definition) is 6. The maximum absolute atomic E-state index is 12.7. The van der Waals surface area contributed by atoms with Crippen molar-refractivity contribution < 1.29 is 37.6 Å². The standard InChI is InChI=1S/C33H60N2O7S/c1-22(9-12-29(39)34-15-7-16-35(5,6)17-8-18-43(40,41)42)24-10-11-25-30-26(19-28(38)33(24,25)4)32(3)14-13-23(36)20-31(32,2)21-27(30)37/h22-28,30,36-38H,7-21H2,1-6H3,(H-,34,39,40,41,42)/p+1/t22-,23-,24-,25+,26+,27-,28+,30+,31+,32-,33-/m1/s1. The molecule has 5 N–H and O–H groups in total. The molecule has 0 heterocycles. The first-order valence-electron chi connectivity index (χ1n) is 16.9. The molecule has 10 heteroatoms. The number of carbonyl (C=O) groups excluding carboxylic acids is 1. The molecule has 4 saturated carbocycles. The van der Waals surface area contributed by atoms with Gasteiger partial charge in [0.25, 0.3) is 10.1 Å². The summed E-state index contributed by atoms with van der Waals surface area (Å²) in [6.45, 7) is 11.1. The number of rotatable bonds is 12. The number of fused-ring (bicyclic) bond motifs is 5. The zero-order chi connectivity index (χ0) is 32.0. The first-order chi connectivity index (χ1) is 19.8. The Bertz CT molecular complexity index is 1100. The van der Waals surface area contributed by atoms with Crippen molar-refractivity contribution in [3.63, 3.8) is 0 Å². The second-order valence-corrected chi connectivity index (χ2v) is 18.1. The average molecular weight is 630 g/mol. The molecule has 0 unspecified atom stereocenters. The summed E-state index contributed by atoms with van der Waals surface area (Å²) in [5, 5.41) is 37.0. The Hall–Kier alpha value is -0.780. The fraction of sp³-hybridized carbons (Fsp3) is 0.970. The lowest BCUT2D eigenvalue weighted by atomic mass is 9.39. The maximum Gasteiger partial charge on any atom is 0.265 e. The summed E-state index contributed by atoms with van der Waals surface area (Å²) in [7, 11) is 0.112. The van der Waals surface area contributed by atoms with Crippen molar-refractivity contribution >= 4 is 16.0 Å². The van der Waals surface area contributed by atoms with Crippen LogP contribution in [0.25, 0.3) is 0 Å². The van der Waals surface area contributed by atoms with Crippen LogP contribution in [0.1, 0.15) is 98.3 Å². The van der Waals surface area contributed by atoms with Gasteiger partial charge in [-0.15, -0.1) is 0 Å². The summed E-state index contributed by atoms with van der Waals surface area (Å²) < 4.78 is 31.5. The third-order valence-corrected chi connectivity index (χ3v) is 14.2. The van der Waals surface area contributed by atoms with Crippen molar-refractivity contribution in [3.8, 4) is 0 Å². The van der Waals surface area contributed by atoms with Gasteiger partial charge >= 0.3 is 0 Å². The molecule has 9 nitrogen and oxygen atoms in total. The Kier molecular flexibility index (Phi) is 10.4. The van der Waals surface area contributed by atoms with Crippen molar-refractivity contribution in [2.45, 2.75) is 117 Å². The molecule has 0 aromatic rings. The van der Waals surface area contributed by atoms with Crippen LogP contribution in [0.2, 0.25) is 0 Å². The van der Waals surface area contributed by atoms with Gasteiger partial charge in [-0.05, 0) is 97.2 Å². The Labute approximate surface area is 260 Å². The van der Waals surface area contributed by atoms with Crippen LogP contribution in [0.3, 0.4) is 0 Å². The summed E-state index contributed by atoms with van der Waals surface area (Å²) in [5.74, 6) is 1.12. The van der Waals surface area contributed by atoms with Crippen LogP contribution in [-0.2, 0) is 14.9 Å². The SMILES string of the molecule is C[C@H](CCC(=O)NCCC[N+](C)(C)CCCS(=O)(=O)O)[C@H]1CC[C@H]2[C@@H]3[C@H](O)C[C@]4(C)C[C@H](O)CC[C@]4(C)[C@H]3C[C@H](O)[C@]12C. The highest BCUT2D eigenvalue weighted by Gasteiger charge is 2.68. The summed E-state index contributed by atoms with van der Waals surface area (Å²) in [6, 6.07) is 0. The van der Waals surface area contributed by atoms with E-state index in [1.54, 1.807) is 0 Å². The number of carbonyl (C=O) groups is 1. The molecule has 4 fully saturated rings. The summed E-state index contributed by atoms with van der Waals surface area (Å²) >= 11 is 0. The van der Waals surface area contributed by atoms with Gasteiger partial charge in [0.05, 0.1) is 51.2 Å². The van der Waals surface area contributed by atoms with E-state index in [0.29, 0.717) is 42.8 Å². The molecule has 0 aromatic heterocycles. The zero-order valence-electron chi connectivity index (χ0n) is 27.6. The number of nitrogens with zero attached hydrogens (tertiary/aromatic N) is 1. The van der Waals surface area contributed by atoms with Gasteiger partial charge in [-0.25, -0.2) is 0 Å². The van der Waals surface area contributed by atoms with E-state index in [-0.39, 0.29) is 57.7 Å². The van der Waals surface area contributed by atoms with Gasteiger partial charge in [0.1, 0.15) is 0 Å². The molecular weight excluding hydrogens is 568 g/mol. The second-order valence-electron chi connectivity index (χ2n) is 16.5. The number of amides is 1. The third-order valence-electron chi connectivity index (χ3n) is 13.4. The fourth-order valence-corrected chi connectivity index (χ4v) is 11.2. The smallest absolute Gasteiger partial charge is 0.265 e. The van der Waals surface area contributed by atoms with E-state index in [0.717, 1.165) is 57.9 Å². The molecule has 0 aliphatic heterocycles. The maximum atomic E-state index is 12.7. The minimum atomic E-state index is -3.93. The van der Waals surface area contributed by atoms with Gasteiger partial charge in [0, 0.05) is 25.8 Å². The first-order valence-corrected chi connectivity index (χ1v) is 18.5. The fourth-order valence-electron chi connectivity index (χ4n) is 10.7. The highest BCUT2D eigenvalue weighted by Crippen LogP contribution is 2.71. The number of hydrogen-bond donors (Lipinski definition) is 5. The van der Waals surface area contributed by atoms with Crippen LogP contribution in [0.15, 0.2) is 0 Å². The van der Waals surface area contributed by atoms with E-state index in [2.05, 4.69) is 33.0 Å². The highest BCUT2D eigenvalue weighted by atomic mass is 32.2. The zero-order valence-corrected chi connectivity index (χ0v) is 28.4. The lowest BCUT2D eigenvalue weighted by molar-refractivity contribution is -0.890. The lowest BCUT2D eigenvalue weighted by Crippen LogP contribution is -2.65. The van der Waals surface area contributed by atoms with Crippen LogP contribution in [0.4, 0.5) is 0 Å². The van der Waals surface area contributed by atoms with E-state index in [1.807, 2.05) is 14.1 Å². The topological polar surface area (TPSA) is 144 Å². The molecule has 11 atom stereocenters. The van der Waals surface area contributed by atoms with E-state index in [1.165, 1.54) is 0 Å². The molecule has 0 spiro atoms. The van der Waals surface area contributed by atoms with E-state index in [9.17, 15) is 28.5 Å². The van der Waals surface area contributed by atoms with Crippen LogP contribution < -0.4 is 5.32 Å². The normalized spacial score (nSPS) is 42.0. The van der Waals surface area contributed by atoms with Gasteiger partial charge in [0.2, 0.25) is 5.91 Å². The van der Waals surface area contributed by atoms with Gasteiger partial charge in [-0.1, -0.05) is 27.7 Å². The van der Waals surface area contributed by atoms with Gasteiger partial charge in [0.15, 0.2) is 0 Å². The van der Waals surface area contributed by atoms with Crippen LogP contribution >= 0.6 is 0 Å². The molecule has 0 radical (unpaired) electrons. The minimum Gasteiger partial charge on any atom is -0.393 e. The second kappa shape index (κ2) is 12.8. The minimum absolute atomic E-state index is 0.00833. The predicted octanol–water partition coefficient (Wildman–Crippen LogP) is 3.61. The molecular formula is C33H61N2O7S+. The Morgan fingerprint density at radius 2 is 1.67 bits per heavy atom. The van der Waals surface area contributed by atoms with Crippen LogP contribution in [-0.4, -0.2) is 96.5 Å². The molecule has 250 valence electrons. The number of nitrogens with one attached hydrogen (secondary N) is 1. The Balaban J connectivity index is 1.29. The molecule has 4 aliphatic rings. The first kappa shape index (κ1) is 35.1. The number of quaternary nitrogens is 1. The number of aliphatic hydroxyl groups excluding tert-OH is 3. The predicted molar refractivity (Wildman–Crippen MR) is 168 cm³/mol. The Morgan fingerprint density at radius 1 is 1.00 bits per heavy atom. The van der Waals surface area contributed by atoms with Crippen molar-refractivity contribution in [2.75, 3.05) is 39.5 Å². The van der Waals surface area contributed by atoms with E-state index in [4.69, 9.17) is 4.55 Å². The molecule has 4 aliphatic carbocycles. The van der Waals surface area contributed by atoms with Crippen molar-refractivity contribution in [1.29, 1.82) is 0 Å². The van der Waals surface area contributed by atoms with Crippen LogP contribution in [0.5, 0.6) is 0 Å². The van der Waals surface area contributed by atoms with Gasteiger partial charge in [-0.2, -0.15) is 8.42 Å². The van der Waals surface area contributed by atoms with Crippen molar-refractivity contribution in [2.24, 2.45) is 45.8 Å². The summed E-state index contributed by atoms with van der Waals surface area (Å²) in [6.07, 6.45) is 7.24. The highest BCUT2D eigenvalue weighted by molar-refractivity contribution is 7.85. The molecule has 1 amide bonds. The molecule has 0 aromatic carbocycles. The third kappa shape index (κ3) is 7.14. The Morgan fingerprint density at radius 3 is 2.35 bits per heavy atom. The largest absolute Gasteiger partial charge is 0.393 e. The van der Waals surface area contributed by atoms with E-state index < -0.39 is 22.3 Å². The summed E-state index contributed by atoms with van der Waals surface area (Å²) in [4.78, 5) is 12.7. The van der Waals surface area contributed by atoms with Crippen molar-refractivity contribution in [1.82, 2.24) is 5.32 Å². The van der Waals surface area contributed by atoms with Crippen LogP contribution in [0, 0.1) is 45.8 Å². The average Bonchev–Trinajstić information content (AvgIpc) is 3.24. The molecule has 43 heavy (non-hydrogen) atoms. The lowest BCUT2D eigenvalue weighted by Gasteiger charge is -2.67. The molecule has 0 saturated heterocycles. The molecule has 0 bridgehead atoms. The van der Waals surface area contributed by atoms with Gasteiger partial charge < -0.3 is 25.1 Å². The quantitative estimate of drug-likeness (QED) is 0.126. The monoisotopic (exact) mass is 629 g/mol. The van der Waals surface area contributed by atoms with E-state index >= 15 is 0 Å². The van der Waals surface area contributed by atoms with Crippen molar-refractivity contribution in [3.05, 3.63) is 0 Å². The summed E-state index contributed by atoms with van der Waals surface area (Å²) in [5.41, 5.74) is -0.376. The molecule has 4 rings (SSSR count). The number of aliphatic hydroxyl groups is 3.